The Bertz CT molecular complexity index is 815. The smallest absolute Gasteiger partial charge is 0.255 e. The van der Waals surface area contributed by atoms with Gasteiger partial charge in [-0.05, 0) is 71.1 Å². The number of hydrogen-bond donors (Lipinski definition) is 0. The molecule has 1 aromatic carbocycles. The second-order valence-electron chi connectivity index (χ2n) is 9.73. The average molecular weight is 449 g/mol. The minimum atomic E-state index is -0.650. The van der Waals surface area contributed by atoms with E-state index < -0.39 is 5.41 Å². The zero-order valence-electron chi connectivity index (χ0n) is 19.7. The Hall–Kier alpha value is -1.59. The number of anilines is 1. The van der Waals surface area contributed by atoms with Crippen LogP contribution in [0.3, 0.4) is 0 Å². The van der Waals surface area contributed by atoms with E-state index >= 15 is 0 Å². The van der Waals surface area contributed by atoms with Crippen LogP contribution >= 0.6 is 11.6 Å². The van der Waals surface area contributed by atoms with E-state index in [2.05, 4.69) is 13.8 Å². The molecule has 0 aromatic heterocycles. The molecule has 3 rings (SSSR count). The first kappa shape index (κ1) is 24.1. The van der Waals surface area contributed by atoms with Crippen LogP contribution in [0, 0.1) is 0 Å². The molecule has 31 heavy (non-hydrogen) atoms. The Balaban J connectivity index is 1.95. The van der Waals surface area contributed by atoms with Gasteiger partial charge < -0.3 is 14.5 Å². The lowest BCUT2D eigenvalue weighted by molar-refractivity contribution is -0.122. The molecule has 1 saturated carbocycles. The quantitative estimate of drug-likeness (QED) is 0.488. The van der Waals surface area contributed by atoms with Crippen molar-refractivity contribution in [3.05, 3.63) is 28.3 Å². The molecule has 1 heterocycles. The summed E-state index contributed by atoms with van der Waals surface area (Å²) in [5, 5.41) is 0.437. The van der Waals surface area contributed by atoms with E-state index in [1.807, 2.05) is 35.8 Å². The van der Waals surface area contributed by atoms with E-state index in [-0.39, 0.29) is 23.9 Å². The second kappa shape index (κ2) is 9.91. The van der Waals surface area contributed by atoms with Crippen molar-refractivity contribution in [3.63, 3.8) is 0 Å². The number of hydrogen-bond acceptors (Lipinski definition) is 3. The molecular formula is C25H37ClN2O3. The van der Waals surface area contributed by atoms with E-state index in [1.54, 1.807) is 7.11 Å². The summed E-state index contributed by atoms with van der Waals surface area (Å²) in [5.41, 5.74) is 1.59. The molecule has 0 atom stereocenters. The number of halogens is 1. The normalized spacial score (nSPS) is 18.5. The number of carbonyl (C=O) groups excluding carboxylic acids is 2. The number of nitrogens with zero attached hydrogens (tertiary/aromatic N) is 2. The number of methoxy groups -OCH3 is 1. The topological polar surface area (TPSA) is 49.9 Å². The molecule has 1 aromatic rings. The van der Waals surface area contributed by atoms with Crippen LogP contribution < -0.4 is 4.90 Å². The molecule has 0 bridgehead atoms. The standard InChI is InChI=1S/C25H37ClN2O3/c1-17(2)28(18-11-7-6-8-12-18)23(29)19-15-22-20(16-21(19)26)25(3,4)24(30)27(22)13-9-10-14-31-5/h15-18H,6-14H2,1-5H3. The molecule has 172 valence electrons. The summed E-state index contributed by atoms with van der Waals surface area (Å²) in [6.07, 6.45) is 7.40. The van der Waals surface area contributed by atoms with Gasteiger partial charge in [-0.3, -0.25) is 9.59 Å². The highest BCUT2D eigenvalue weighted by atomic mass is 35.5. The molecule has 0 radical (unpaired) electrons. The first-order chi connectivity index (χ1) is 14.7. The maximum Gasteiger partial charge on any atom is 0.255 e. The van der Waals surface area contributed by atoms with Crippen molar-refractivity contribution >= 4 is 29.1 Å². The molecule has 1 aliphatic carbocycles. The van der Waals surface area contributed by atoms with Crippen molar-refractivity contribution in [2.75, 3.05) is 25.2 Å². The van der Waals surface area contributed by atoms with Crippen molar-refractivity contribution in [2.24, 2.45) is 0 Å². The van der Waals surface area contributed by atoms with Gasteiger partial charge >= 0.3 is 0 Å². The zero-order valence-corrected chi connectivity index (χ0v) is 20.4. The third kappa shape index (κ3) is 4.78. The lowest BCUT2D eigenvalue weighted by Crippen LogP contribution is -2.45. The first-order valence-electron chi connectivity index (χ1n) is 11.7. The summed E-state index contributed by atoms with van der Waals surface area (Å²) in [4.78, 5) is 30.7. The fourth-order valence-corrected chi connectivity index (χ4v) is 5.31. The van der Waals surface area contributed by atoms with Crippen molar-refractivity contribution < 1.29 is 14.3 Å². The predicted molar refractivity (Wildman–Crippen MR) is 126 cm³/mol. The lowest BCUT2D eigenvalue weighted by atomic mass is 9.85. The molecule has 2 amide bonds. The summed E-state index contributed by atoms with van der Waals surface area (Å²) < 4.78 is 5.15. The van der Waals surface area contributed by atoms with Crippen LogP contribution in [0.2, 0.25) is 5.02 Å². The summed E-state index contributed by atoms with van der Waals surface area (Å²) in [6.45, 7) is 9.30. The van der Waals surface area contributed by atoms with Gasteiger partial charge in [0.2, 0.25) is 5.91 Å². The molecular weight excluding hydrogens is 412 g/mol. The highest BCUT2D eigenvalue weighted by Crippen LogP contribution is 2.44. The van der Waals surface area contributed by atoms with E-state index in [1.165, 1.54) is 6.42 Å². The fraction of sp³-hybridized carbons (Fsp3) is 0.680. The Morgan fingerprint density at radius 2 is 1.90 bits per heavy atom. The summed E-state index contributed by atoms with van der Waals surface area (Å²) in [6, 6.07) is 4.06. The van der Waals surface area contributed by atoms with Crippen molar-refractivity contribution in [1.82, 2.24) is 4.90 Å². The van der Waals surface area contributed by atoms with E-state index in [0.29, 0.717) is 23.7 Å². The second-order valence-corrected chi connectivity index (χ2v) is 10.1. The molecule has 0 N–H and O–H groups in total. The largest absolute Gasteiger partial charge is 0.385 e. The molecule has 5 nitrogen and oxygen atoms in total. The van der Waals surface area contributed by atoms with Gasteiger partial charge in [0.25, 0.3) is 5.91 Å². The van der Waals surface area contributed by atoms with Gasteiger partial charge in [0.1, 0.15) is 0 Å². The van der Waals surface area contributed by atoms with Crippen LogP contribution in [0.25, 0.3) is 0 Å². The van der Waals surface area contributed by atoms with Crippen LogP contribution in [0.5, 0.6) is 0 Å². The third-order valence-electron chi connectivity index (χ3n) is 6.80. The van der Waals surface area contributed by atoms with Crippen molar-refractivity contribution in [1.29, 1.82) is 0 Å². The molecule has 0 saturated heterocycles. The van der Waals surface area contributed by atoms with Crippen LogP contribution in [0.1, 0.15) is 88.6 Å². The number of amides is 2. The highest BCUT2D eigenvalue weighted by Gasteiger charge is 2.44. The van der Waals surface area contributed by atoms with Gasteiger partial charge in [-0.2, -0.15) is 0 Å². The first-order valence-corrected chi connectivity index (χ1v) is 12.1. The van der Waals surface area contributed by atoms with Crippen LogP contribution in [0.15, 0.2) is 12.1 Å². The van der Waals surface area contributed by atoms with Crippen molar-refractivity contribution in [2.45, 2.75) is 90.1 Å². The average Bonchev–Trinajstić information content (AvgIpc) is 2.91. The van der Waals surface area contributed by atoms with E-state index in [9.17, 15) is 9.59 Å². The van der Waals surface area contributed by atoms with Crippen LogP contribution in [0.4, 0.5) is 5.69 Å². The molecule has 1 fully saturated rings. The lowest BCUT2D eigenvalue weighted by Gasteiger charge is -2.37. The highest BCUT2D eigenvalue weighted by molar-refractivity contribution is 6.34. The van der Waals surface area contributed by atoms with Gasteiger partial charge in [-0.1, -0.05) is 30.9 Å². The number of carbonyl (C=O) groups is 2. The predicted octanol–water partition coefficient (Wildman–Crippen LogP) is 5.57. The molecule has 0 unspecified atom stereocenters. The van der Waals surface area contributed by atoms with E-state index in [0.717, 1.165) is 49.8 Å². The Morgan fingerprint density at radius 1 is 1.23 bits per heavy atom. The Kier molecular flexibility index (Phi) is 7.69. The summed E-state index contributed by atoms with van der Waals surface area (Å²) >= 11 is 6.66. The fourth-order valence-electron chi connectivity index (χ4n) is 5.07. The van der Waals surface area contributed by atoms with Crippen LogP contribution in [-0.2, 0) is 14.9 Å². The molecule has 0 spiro atoms. The van der Waals surface area contributed by atoms with Crippen LogP contribution in [-0.4, -0.2) is 49.1 Å². The van der Waals surface area contributed by atoms with Gasteiger partial charge in [0, 0.05) is 38.0 Å². The zero-order chi connectivity index (χ0) is 22.8. The molecule has 6 heteroatoms. The minimum Gasteiger partial charge on any atom is -0.385 e. The van der Waals surface area contributed by atoms with Crippen molar-refractivity contribution in [3.8, 4) is 0 Å². The summed E-state index contributed by atoms with van der Waals surface area (Å²) in [5.74, 6) is 0.0415. The maximum atomic E-state index is 13.7. The monoisotopic (exact) mass is 448 g/mol. The number of unbranched alkanes of at least 4 members (excludes halogenated alkanes) is 1. The molecule has 2 aliphatic rings. The van der Waals surface area contributed by atoms with Gasteiger partial charge in [-0.15, -0.1) is 0 Å². The van der Waals surface area contributed by atoms with Gasteiger partial charge in [0.05, 0.1) is 16.0 Å². The molecule has 1 aliphatic heterocycles. The van der Waals surface area contributed by atoms with Gasteiger partial charge in [0.15, 0.2) is 0 Å². The maximum absolute atomic E-state index is 13.7. The number of rotatable bonds is 8. The van der Waals surface area contributed by atoms with E-state index in [4.69, 9.17) is 16.3 Å². The number of ether oxygens (including phenoxy) is 1. The Labute approximate surface area is 192 Å². The Morgan fingerprint density at radius 3 is 2.52 bits per heavy atom. The summed E-state index contributed by atoms with van der Waals surface area (Å²) in [7, 11) is 1.69. The SMILES string of the molecule is COCCCCN1C(=O)C(C)(C)c2cc(Cl)c(C(=O)N(C(C)C)C3CCCCC3)cc21. The number of fused-ring (bicyclic) bond motifs is 1. The minimum absolute atomic E-state index is 0.0220. The number of benzene rings is 1. The van der Waals surface area contributed by atoms with Gasteiger partial charge in [-0.25, -0.2) is 0 Å². The third-order valence-corrected chi connectivity index (χ3v) is 7.11.